The number of halogens is 1. The van der Waals surface area contributed by atoms with Crippen LogP contribution in [0, 0.1) is 5.82 Å². The molecule has 0 N–H and O–H groups in total. The third kappa shape index (κ3) is 3.53. The molecule has 0 saturated carbocycles. The van der Waals surface area contributed by atoms with E-state index < -0.39 is 21.9 Å². The molecule has 0 bridgehead atoms. The average molecular weight is 403 g/mol. The molecule has 0 aliphatic carbocycles. The van der Waals surface area contributed by atoms with Crippen LogP contribution in [0.5, 0.6) is 0 Å². The number of ether oxygens (including phenoxy) is 1. The van der Waals surface area contributed by atoms with Gasteiger partial charge in [0.15, 0.2) is 5.03 Å². The highest BCUT2D eigenvalue weighted by Crippen LogP contribution is 2.30. The van der Waals surface area contributed by atoms with Gasteiger partial charge in [0.1, 0.15) is 11.9 Å². The second kappa shape index (κ2) is 7.38. The van der Waals surface area contributed by atoms with E-state index in [0.717, 1.165) is 0 Å². The maximum absolute atomic E-state index is 13.7. The molecule has 0 unspecified atom stereocenters. The summed E-state index contributed by atoms with van der Waals surface area (Å²) in [5.41, 5.74) is 1.48. The van der Waals surface area contributed by atoms with Crippen molar-refractivity contribution >= 4 is 10.0 Å². The van der Waals surface area contributed by atoms with Crippen LogP contribution in [0.3, 0.4) is 0 Å². The second-order valence-electron chi connectivity index (χ2n) is 6.40. The number of aromatic nitrogens is 4. The monoisotopic (exact) mass is 403 g/mol. The molecule has 1 aromatic carbocycles. The SMILES string of the molecule is Cn1cnc(S(=O)(=O)N2CCO[C@@H](c3nccnc3-c3cccc(F)c3)C2)c1. The molecule has 4 rings (SSSR count). The Morgan fingerprint density at radius 2 is 2.04 bits per heavy atom. The topological polar surface area (TPSA) is 90.2 Å². The summed E-state index contributed by atoms with van der Waals surface area (Å²) < 4.78 is 48.1. The van der Waals surface area contributed by atoms with Crippen LogP contribution >= 0.6 is 0 Å². The quantitative estimate of drug-likeness (QED) is 0.660. The Morgan fingerprint density at radius 3 is 2.79 bits per heavy atom. The van der Waals surface area contributed by atoms with E-state index in [4.69, 9.17) is 4.74 Å². The minimum absolute atomic E-state index is 0.0138. The van der Waals surface area contributed by atoms with Crippen molar-refractivity contribution in [3.8, 4) is 11.3 Å². The van der Waals surface area contributed by atoms with Crippen LogP contribution in [0.15, 0.2) is 54.2 Å². The van der Waals surface area contributed by atoms with Crippen LogP contribution in [0.4, 0.5) is 4.39 Å². The number of rotatable bonds is 4. The van der Waals surface area contributed by atoms with E-state index in [9.17, 15) is 12.8 Å². The van der Waals surface area contributed by atoms with E-state index in [0.29, 0.717) is 17.0 Å². The highest BCUT2D eigenvalue weighted by molar-refractivity contribution is 7.89. The molecular weight excluding hydrogens is 385 g/mol. The van der Waals surface area contributed by atoms with Crippen molar-refractivity contribution in [1.82, 2.24) is 23.8 Å². The van der Waals surface area contributed by atoms with Crippen molar-refractivity contribution < 1.29 is 17.5 Å². The molecule has 1 aliphatic rings. The smallest absolute Gasteiger partial charge is 0.262 e. The van der Waals surface area contributed by atoms with Gasteiger partial charge in [-0.1, -0.05) is 12.1 Å². The van der Waals surface area contributed by atoms with Crippen molar-refractivity contribution in [2.24, 2.45) is 7.05 Å². The van der Waals surface area contributed by atoms with Gasteiger partial charge in [-0.25, -0.2) is 17.8 Å². The van der Waals surface area contributed by atoms with Gasteiger partial charge >= 0.3 is 0 Å². The predicted octanol–water partition coefficient (Wildman–Crippen LogP) is 1.78. The summed E-state index contributed by atoms with van der Waals surface area (Å²) in [6.45, 7) is 0.487. The van der Waals surface area contributed by atoms with Crippen LogP contribution in [0.2, 0.25) is 0 Å². The van der Waals surface area contributed by atoms with E-state index in [-0.39, 0.29) is 24.7 Å². The van der Waals surface area contributed by atoms with Gasteiger partial charge in [-0.05, 0) is 12.1 Å². The number of morpholine rings is 1. The summed E-state index contributed by atoms with van der Waals surface area (Å²) >= 11 is 0. The van der Waals surface area contributed by atoms with Gasteiger partial charge in [0.25, 0.3) is 10.0 Å². The number of nitrogens with zero attached hydrogens (tertiary/aromatic N) is 5. The fraction of sp³-hybridized carbons (Fsp3) is 0.278. The molecule has 3 aromatic rings. The van der Waals surface area contributed by atoms with Gasteiger partial charge in [-0.3, -0.25) is 9.97 Å². The van der Waals surface area contributed by atoms with Gasteiger partial charge in [0, 0.05) is 44.3 Å². The molecule has 0 amide bonds. The lowest BCUT2D eigenvalue weighted by Gasteiger charge is -2.31. The molecule has 1 saturated heterocycles. The number of sulfonamides is 1. The van der Waals surface area contributed by atoms with Crippen molar-refractivity contribution in [2.75, 3.05) is 19.7 Å². The van der Waals surface area contributed by atoms with Crippen LogP contribution in [0.1, 0.15) is 11.8 Å². The van der Waals surface area contributed by atoms with E-state index in [1.165, 1.54) is 41.4 Å². The van der Waals surface area contributed by atoms with E-state index in [1.807, 2.05) is 0 Å². The number of hydrogen-bond donors (Lipinski definition) is 0. The minimum atomic E-state index is -3.75. The first-order valence-electron chi connectivity index (χ1n) is 8.62. The molecule has 10 heteroatoms. The summed E-state index contributed by atoms with van der Waals surface area (Å²) in [4.78, 5) is 12.6. The van der Waals surface area contributed by atoms with Crippen LogP contribution < -0.4 is 0 Å². The lowest BCUT2D eigenvalue weighted by atomic mass is 10.1. The minimum Gasteiger partial charge on any atom is -0.369 e. The lowest BCUT2D eigenvalue weighted by Crippen LogP contribution is -2.42. The molecule has 1 fully saturated rings. The highest BCUT2D eigenvalue weighted by atomic mass is 32.2. The molecule has 2 aromatic heterocycles. The molecule has 8 nitrogen and oxygen atoms in total. The highest BCUT2D eigenvalue weighted by Gasteiger charge is 2.34. The zero-order chi connectivity index (χ0) is 19.7. The van der Waals surface area contributed by atoms with Crippen molar-refractivity contribution in [3.05, 3.63) is 60.7 Å². The number of imidazole rings is 1. The predicted molar refractivity (Wildman–Crippen MR) is 98.1 cm³/mol. The van der Waals surface area contributed by atoms with Crippen molar-refractivity contribution in [2.45, 2.75) is 11.1 Å². The molecular formula is C18H18FN5O3S. The molecule has 0 radical (unpaired) electrons. The van der Waals surface area contributed by atoms with Gasteiger partial charge < -0.3 is 9.30 Å². The number of benzene rings is 1. The molecule has 0 spiro atoms. The molecule has 146 valence electrons. The van der Waals surface area contributed by atoms with Gasteiger partial charge in [0.2, 0.25) is 0 Å². The van der Waals surface area contributed by atoms with E-state index in [2.05, 4.69) is 15.0 Å². The fourth-order valence-electron chi connectivity index (χ4n) is 3.11. The van der Waals surface area contributed by atoms with Gasteiger partial charge in [-0.2, -0.15) is 4.31 Å². The van der Waals surface area contributed by atoms with E-state index >= 15 is 0 Å². The van der Waals surface area contributed by atoms with Crippen LogP contribution in [-0.2, 0) is 21.8 Å². The van der Waals surface area contributed by atoms with Gasteiger partial charge in [0.05, 0.1) is 24.3 Å². The van der Waals surface area contributed by atoms with Gasteiger partial charge in [-0.15, -0.1) is 0 Å². The maximum Gasteiger partial charge on any atom is 0.262 e. The Hall–Kier alpha value is -2.69. The van der Waals surface area contributed by atoms with Crippen molar-refractivity contribution in [3.63, 3.8) is 0 Å². The molecule has 1 atom stereocenters. The summed E-state index contributed by atoms with van der Waals surface area (Å²) in [6, 6.07) is 6.01. The summed E-state index contributed by atoms with van der Waals surface area (Å²) in [7, 11) is -2.05. The standard InChI is InChI=1S/C18H18FN5O3S/c1-23-11-16(22-12-23)28(25,26)24-7-8-27-15(10-24)18-17(20-5-6-21-18)13-3-2-4-14(19)9-13/h2-6,9,11-12,15H,7-8,10H2,1H3/t15-/m1/s1. The third-order valence-corrected chi connectivity index (χ3v) is 6.20. The number of aryl methyl sites for hydroxylation is 1. The summed E-state index contributed by atoms with van der Waals surface area (Å²) in [6.07, 6.45) is 5.29. The Morgan fingerprint density at radius 1 is 1.21 bits per heavy atom. The van der Waals surface area contributed by atoms with Crippen LogP contribution in [-0.4, -0.2) is 51.9 Å². The normalized spacial score (nSPS) is 18.3. The largest absolute Gasteiger partial charge is 0.369 e. The number of hydrogen-bond acceptors (Lipinski definition) is 6. The molecule has 1 aliphatic heterocycles. The Kier molecular flexibility index (Phi) is 4.92. The first-order chi connectivity index (χ1) is 13.4. The van der Waals surface area contributed by atoms with Crippen LogP contribution in [0.25, 0.3) is 11.3 Å². The lowest BCUT2D eigenvalue weighted by molar-refractivity contribution is -0.00483. The first-order valence-corrected chi connectivity index (χ1v) is 10.1. The second-order valence-corrected chi connectivity index (χ2v) is 8.29. The summed E-state index contributed by atoms with van der Waals surface area (Å²) in [5.74, 6) is -0.391. The molecule has 3 heterocycles. The summed E-state index contributed by atoms with van der Waals surface area (Å²) in [5, 5.41) is -0.0138. The Bertz CT molecular complexity index is 1100. The Balaban J connectivity index is 1.66. The Labute approximate surface area is 161 Å². The van der Waals surface area contributed by atoms with Crippen molar-refractivity contribution in [1.29, 1.82) is 0 Å². The average Bonchev–Trinajstić information content (AvgIpc) is 3.15. The first kappa shape index (κ1) is 18.7. The zero-order valence-corrected chi connectivity index (χ0v) is 15.9. The zero-order valence-electron chi connectivity index (χ0n) is 15.1. The fourth-order valence-corrected chi connectivity index (χ4v) is 4.50. The maximum atomic E-state index is 13.7. The van der Waals surface area contributed by atoms with E-state index in [1.54, 1.807) is 23.7 Å². The molecule has 28 heavy (non-hydrogen) atoms. The third-order valence-electron chi connectivity index (χ3n) is 4.44.